The van der Waals surface area contributed by atoms with Crippen molar-refractivity contribution >= 4 is 7.37 Å². The molecule has 13 heavy (non-hydrogen) atoms. The van der Waals surface area contributed by atoms with Crippen molar-refractivity contribution in [3.05, 3.63) is 35.9 Å². The summed E-state index contributed by atoms with van der Waals surface area (Å²) in [4.78, 5) is 9.66. The third-order valence-electron chi connectivity index (χ3n) is 2.63. The van der Waals surface area contributed by atoms with Crippen molar-refractivity contribution in [2.24, 2.45) is 0 Å². The van der Waals surface area contributed by atoms with Crippen LogP contribution in [0.15, 0.2) is 30.3 Å². The normalized spacial score (nSPS) is 33.5. The van der Waals surface area contributed by atoms with Crippen LogP contribution in [0.2, 0.25) is 0 Å². The van der Waals surface area contributed by atoms with Gasteiger partial charge in [0.2, 0.25) is 7.37 Å². The van der Waals surface area contributed by atoms with E-state index in [0.29, 0.717) is 6.16 Å². The number of benzene rings is 1. The Labute approximate surface area is 78.1 Å². The van der Waals surface area contributed by atoms with Gasteiger partial charge in [-0.25, -0.2) is 0 Å². The Bertz CT molecular complexity index is 334. The van der Waals surface area contributed by atoms with E-state index in [0.717, 1.165) is 18.4 Å². The smallest absolute Gasteiger partial charge is 0.207 e. The van der Waals surface area contributed by atoms with Crippen LogP contribution in [0.25, 0.3) is 0 Å². The topological polar surface area (TPSA) is 37.3 Å². The zero-order valence-electron chi connectivity index (χ0n) is 7.39. The Morgan fingerprint density at radius 1 is 1.31 bits per heavy atom. The van der Waals surface area contributed by atoms with Crippen molar-refractivity contribution < 1.29 is 9.46 Å². The fourth-order valence-corrected chi connectivity index (χ4v) is 4.11. The van der Waals surface area contributed by atoms with E-state index in [2.05, 4.69) is 0 Å². The van der Waals surface area contributed by atoms with Crippen molar-refractivity contribution in [1.29, 1.82) is 0 Å². The van der Waals surface area contributed by atoms with E-state index in [9.17, 15) is 9.46 Å². The van der Waals surface area contributed by atoms with Crippen molar-refractivity contribution in [1.82, 2.24) is 0 Å². The molecule has 1 aromatic carbocycles. The molecule has 1 aromatic rings. The van der Waals surface area contributed by atoms with Gasteiger partial charge in [0.25, 0.3) is 0 Å². The molecule has 2 rings (SSSR count). The summed E-state index contributed by atoms with van der Waals surface area (Å²) in [6, 6.07) is 9.67. The van der Waals surface area contributed by atoms with Crippen LogP contribution < -0.4 is 0 Å². The van der Waals surface area contributed by atoms with Crippen LogP contribution in [-0.4, -0.2) is 11.1 Å². The maximum atomic E-state index is 11.7. The highest BCUT2D eigenvalue weighted by molar-refractivity contribution is 7.58. The third kappa shape index (κ3) is 1.70. The van der Waals surface area contributed by atoms with Crippen LogP contribution in [0.3, 0.4) is 0 Å². The highest BCUT2D eigenvalue weighted by atomic mass is 31.2. The Hall–Kier alpha value is -0.590. The van der Waals surface area contributed by atoms with E-state index in [1.165, 1.54) is 0 Å². The summed E-state index contributed by atoms with van der Waals surface area (Å²) >= 11 is 0. The van der Waals surface area contributed by atoms with Crippen molar-refractivity contribution in [2.45, 2.75) is 18.5 Å². The predicted molar refractivity (Wildman–Crippen MR) is 53.1 cm³/mol. The second-order valence-electron chi connectivity index (χ2n) is 3.55. The molecule has 0 amide bonds. The average Bonchev–Trinajstić information content (AvgIpc) is 2.47. The maximum absolute atomic E-state index is 11.7. The predicted octanol–water partition coefficient (Wildman–Crippen LogP) is 2.79. The summed E-state index contributed by atoms with van der Waals surface area (Å²) in [7, 11) is -2.88. The summed E-state index contributed by atoms with van der Waals surface area (Å²) in [5, 5.41) is 0. The highest BCUT2D eigenvalue weighted by Gasteiger charge is 2.36. The molecule has 0 radical (unpaired) electrons. The molecule has 70 valence electrons. The fourth-order valence-electron chi connectivity index (χ4n) is 1.94. The third-order valence-corrected chi connectivity index (χ3v) is 5.11. The first-order valence-corrected chi connectivity index (χ1v) is 6.48. The second-order valence-corrected chi connectivity index (χ2v) is 6.13. The molecule has 0 aromatic heterocycles. The van der Waals surface area contributed by atoms with Gasteiger partial charge in [-0.3, -0.25) is 4.57 Å². The molecule has 0 bridgehead atoms. The molecule has 2 atom stereocenters. The molecule has 3 heteroatoms. The minimum Gasteiger partial charge on any atom is -0.344 e. The fraction of sp³-hybridized carbons (Fsp3) is 0.400. The molecular formula is C10H13O2P. The first kappa shape index (κ1) is 8.98. The molecular weight excluding hydrogens is 183 g/mol. The summed E-state index contributed by atoms with van der Waals surface area (Å²) in [5.74, 6) is 0. The molecule has 2 nitrogen and oxygen atoms in total. The zero-order valence-corrected chi connectivity index (χ0v) is 8.28. The standard InChI is InChI=1S/C10H13O2P/c11-13(12)8-4-7-10(13)9-5-2-1-3-6-9/h1-3,5-6,10H,4,7-8H2,(H,11,12)/t10-/m0/s1. The quantitative estimate of drug-likeness (QED) is 0.701. The second kappa shape index (κ2) is 3.28. The van der Waals surface area contributed by atoms with E-state index in [4.69, 9.17) is 0 Å². The molecule has 1 heterocycles. The van der Waals surface area contributed by atoms with Crippen LogP contribution >= 0.6 is 7.37 Å². The lowest BCUT2D eigenvalue weighted by atomic mass is 10.1. The summed E-state index contributed by atoms with van der Waals surface area (Å²) in [5.41, 5.74) is 0.916. The Morgan fingerprint density at radius 3 is 2.54 bits per heavy atom. The van der Waals surface area contributed by atoms with Gasteiger partial charge in [0.05, 0.1) is 5.66 Å². The minimum absolute atomic E-state index is 0.103. The Morgan fingerprint density at radius 2 is 2.00 bits per heavy atom. The SMILES string of the molecule is O=P1(O)CCC[C@H]1c1ccccc1. The van der Waals surface area contributed by atoms with E-state index in [1.807, 2.05) is 30.3 Å². The Balaban J connectivity index is 2.32. The van der Waals surface area contributed by atoms with Crippen molar-refractivity contribution in [3.63, 3.8) is 0 Å². The largest absolute Gasteiger partial charge is 0.344 e. The number of hydrogen-bond acceptors (Lipinski definition) is 1. The van der Waals surface area contributed by atoms with Crippen LogP contribution in [0.4, 0.5) is 0 Å². The van der Waals surface area contributed by atoms with E-state index in [-0.39, 0.29) is 5.66 Å². The van der Waals surface area contributed by atoms with Crippen molar-refractivity contribution in [2.75, 3.05) is 6.16 Å². The highest BCUT2D eigenvalue weighted by Crippen LogP contribution is 2.62. The molecule has 1 saturated heterocycles. The molecule has 1 aliphatic heterocycles. The van der Waals surface area contributed by atoms with E-state index in [1.54, 1.807) is 0 Å². The lowest BCUT2D eigenvalue weighted by molar-refractivity contribution is 0.474. The summed E-state index contributed by atoms with van der Waals surface area (Å²) in [6.45, 7) is 0. The van der Waals surface area contributed by atoms with Gasteiger partial charge in [-0.2, -0.15) is 0 Å². The van der Waals surface area contributed by atoms with Gasteiger partial charge in [-0.05, 0) is 18.4 Å². The first-order chi connectivity index (χ1) is 6.20. The van der Waals surface area contributed by atoms with Crippen LogP contribution in [0, 0.1) is 0 Å². The first-order valence-electron chi connectivity index (χ1n) is 4.56. The van der Waals surface area contributed by atoms with Gasteiger partial charge in [-0.1, -0.05) is 30.3 Å². The summed E-state index contributed by atoms with van der Waals surface area (Å²) < 4.78 is 11.7. The molecule has 0 saturated carbocycles. The minimum atomic E-state index is -2.88. The van der Waals surface area contributed by atoms with Gasteiger partial charge in [-0.15, -0.1) is 0 Å². The number of rotatable bonds is 1. The van der Waals surface area contributed by atoms with E-state index < -0.39 is 7.37 Å². The van der Waals surface area contributed by atoms with Crippen LogP contribution in [-0.2, 0) is 4.57 Å². The molecule has 0 spiro atoms. The maximum Gasteiger partial charge on any atom is 0.207 e. The molecule has 1 fully saturated rings. The van der Waals surface area contributed by atoms with Gasteiger partial charge in [0, 0.05) is 6.16 Å². The zero-order chi connectivity index (χ0) is 9.31. The van der Waals surface area contributed by atoms with E-state index >= 15 is 0 Å². The monoisotopic (exact) mass is 196 g/mol. The molecule has 1 aliphatic rings. The molecule has 1 unspecified atom stereocenters. The summed E-state index contributed by atoms with van der Waals surface area (Å²) in [6.07, 6.45) is 2.23. The van der Waals surface area contributed by atoms with Crippen molar-refractivity contribution in [3.8, 4) is 0 Å². The van der Waals surface area contributed by atoms with Gasteiger partial charge in [0.1, 0.15) is 0 Å². The average molecular weight is 196 g/mol. The lowest BCUT2D eigenvalue weighted by Gasteiger charge is -2.14. The molecule has 1 N–H and O–H groups in total. The molecule has 0 aliphatic carbocycles. The lowest BCUT2D eigenvalue weighted by Crippen LogP contribution is -1.93. The Kier molecular flexibility index (Phi) is 2.27. The van der Waals surface area contributed by atoms with Crippen LogP contribution in [0.1, 0.15) is 24.1 Å². The van der Waals surface area contributed by atoms with Gasteiger partial charge < -0.3 is 4.89 Å². The van der Waals surface area contributed by atoms with Crippen LogP contribution in [0.5, 0.6) is 0 Å². The number of hydrogen-bond donors (Lipinski definition) is 1. The van der Waals surface area contributed by atoms with Gasteiger partial charge in [0.15, 0.2) is 0 Å². The van der Waals surface area contributed by atoms with Gasteiger partial charge >= 0.3 is 0 Å².